The predicted molar refractivity (Wildman–Crippen MR) is 112 cm³/mol. The monoisotopic (exact) mass is 373 g/mol. The average Bonchev–Trinajstić information content (AvgIpc) is 3.10. The average molecular weight is 374 g/mol. The SMILES string of the molecule is CCNC(=O)C(C)(C)CNC(=NC)NCC1CCCN1Cc1ccccc1. The van der Waals surface area contributed by atoms with Crippen LogP contribution in [0.25, 0.3) is 0 Å². The second-order valence-electron chi connectivity index (χ2n) is 7.80. The molecule has 150 valence electrons. The van der Waals surface area contributed by atoms with Crippen LogP contribution in [0.15, 0.2) is 35.3 Å². The van der Waals surface area contributed by atoms with Crippen LogP contribution in [0.1, 0.15) is 39.2 Å². The van der Waals surface area contributed by atoms with Crippen LogP contribution in [-0.4, -0.2) is 56.0 Å². The van der Waals surface area contributed by atoms with Gasteiger partial charge in [-0.1, -0.05) is 30.3 Å². The van der Waals surface area contributed by atoms with E-state index in [9.17, 15) is 4.79 Å². The normalized spacial score (nSPS) is 18.4. The van der Waals surface area contributed by atoms with Crippen molar-refractivity contribution in [1.82, 2.24) is 20.9 Å². The highest BCUT2D eigenvalue weighted by Gasteiger charge is 2.28. The molecular weight excluding hydrogens is 338 g/mol. The van der Waals surface area contributed by atoms with Crippen molar-refractivity contribution in [3.8, 4) is 0 Å². The number of aliphatic imine (C=N–C) groups is 1. The summed E-state index contributed by atoms with van der Waals surface area (Å²) in [5.41, 5.74) is 0.871. The minimum atomic E-state index is -0.486. The van der Waals surface area contributed by atoms with Gasteiger partial charge in [0.1, 0.15) is 0 Å². The molecule has 1 saturated heterocycles. The van der Waals surface area contributed by atoms with Crippen molar-refractivity contribution in [3.05, 3.63) is 35.9 Å². The van der Waals surface area contributed by atoms with Crippen LogP contribution in [-0.2, 0) is 11.3 Å². The molecule has 0 saturated carbocycles. The van der Waals surface area contributed by atoms with Crippen molar-refractivity contribution in [2.45, 2.75) is 46.2 Å². The Labute approximate surface area is 163 Å². The molecule has 6 nitrogen and oxygen atoms in total. The zero-order chi connectivity index (χ0) is 19.7. The van der Waals surface area contributed by atoms with E-state index >= 15 is 0 Å². The summed E-state index contributed by atoms with van der Waals surface area (Å²) in [6.45, 7) is 9.98. The molecule has 0 spiro atoms. The van der Waals surface area contributed by atoms with Crippen molar-refractivity contribution in [2.24, 2.45) is 10.4 Å². The molecule has 1 aliphatic heterocycles. The Bertz CT molecular complexity index is 614. The summed E-state index contributed by atoms with van der Waals surface area (Å²) in [6, 6.07) is 11.1. The van der Waals surface area contributed by atoms with E-state index in [0.29, 0.717) is 19.1 Å². The molecule has 0 aliphatic carbocycles. The molecular formula is C21H35N5O. The summed E-state index contributed by atoms with van der Waals surface area (Å²) in [7, 11) is 1.77. The molecule has 1 unspecified atom stereocenters. The summed E-state index contributed by atoms with van der Waals surface area (Å²) in [6.07, 6.45) is 2.43. The summed E-state index contributed by atoms with van der Waals surface area (Å²) in [4.78, 5) is 19.0. The number of hydrogen-bond acceptors (Lipinski definition) is 3. The Balaban J connectivity index is 1.81. The van der Waals surface area contributed by atoms with Crippen LogP contribution in [0.4, 0.5) is 0 Å². The fourth-order valence-corrected chi connectivity index (χ4v) is 3.37. The molecule has 27 heavy (non-hydrogen) atoms. The molecule has 1 fully saturated rings. The van der Waals surface area contributed by atoms with E-state index < -0.39 is 5.41 Å². The second-order valence-corrected chi connectivity index (χ2v) is 7.80. The van der Waals surface area contributed by atoms with Gasteiger partial charge in [-0.2, -0.15) is 0 Å². The third-order valence-electron chi connectivity index (χ3n) is 5.11. The van der Waals surface area contributed by atoms with E-state index in [4.69, 9.17) is 0 Å². The lowest BCUT2D eigenvalue weighted by molar-refractivity contribution is -0.128. The van der Waals surface area contributed by atoms with Crippen molar-refractivity contribution in [3.63, 3.8) is 0 Å². The third-order valence-corrected chi connectivity index (χ3v) is 5.11. The number of likely N-dealkylation sites (tertiary alicyclic amines) is 1. The van der Waals surface area contributed by atoms with Crippen molar-refractivity contribution in [1.29, 1.82) is 0 Å². The van der Waals surface area contributed by atoms with Crippen LogP contribution in [0, 0.1) is 5.41 Å². The maximum atomic E-state index is 12.1. The lowest BCUT2D eigenvalue weighted by atomic mass is 9.92. The van der Waals surface area contributed by atoms with Crippen LogP contribution in [0.5, 0.6) is 0 Å². The molecule has 6 heteroatoms. The Hall–Kier alpha value is -2.08. The number of guanidine groups is 1. The van der Waals surface area contributed by atoms with Gasteiger partial charge in [0.2, 0.25) is 5.91 Å². The van der Waals surface area contributed by atoms with E-state index in [1.165, 1.54) is 18.4 Å². The minimum absolute atomic E-state index is 0.0535. The van der Waals surface area contributed by atoms with E-state index in [1.54, 1.807) is 7.05 Å². The first-order chi connectivity index (χ1) is 13.0. The summed E-state index contributed by atoms with van der Waals surface area (Å²) >= 11 is 0. The number of hydrogen-bond donors (Lipinski definition) is 3. The summed E-state index contributed by atoms with van der Waals surface area (Å²) in [5.74, 6) is 0.803. The molecule has 1 aromatic rings. The maximum absolute atomic E-state index is 12.1. The molecule has 1 heterocycles. The smallest absolute Gasteiger partial charge is 0.227 e. The largest absolute Gasteiger partial charge is 0.356 e. The van der Waals surface area contributed by atoms with Gasteiger partial charge in [0, 0.05) is 39.3 Å². The molecule has 0 bridgehead atoms. The lowest BCUT2D eigenvalue weighted by Crippen LogP contribution is -2.49. The zero-order valence-corrected chi connectivity index (χ0v) is 17.2. The van der Waals surface area contributed by atoms with Crippen LogP contribution in [0.3, 0.4) is 0 Å². The van der Waals surface area contributed by atoms with Crippen LogP contribution >= 0.6 is 0 Å². The van der Waals surface area contributed by atoms with Gasteiger partial charge in [-0.05, 0) is 45.7 Å². The van der Waals surface area contributed by atoms with Crippen LogP contribution in [0.2, 0.25) is 0 Å². The van der Waals surface area contributed by atoms with Crippen molar-refractivity contribution >= 4 is 11.9 Å². The highest BCUT2D eigenvalue weighted by Crippen LogP contribution is 2.19. The molecule has 1 amide bonds. The fraction of sp³-hybridized carbons (Fsp3) is 0.619. The fourth-order valence-electron chi connectivity index (χ4n) is 3.37. The quantitative estimate of drug-likeness (QED) is 0.481. The Morgan fingerprint density at radius 2 is 1.96 bits per heavy atom. The molecule has 2 rings (SSSR count). The molecule has 1 aromatic carbocycles. The Morgan fingerprint density at radius 1 is 1.22 bits per heavy atom. The van der Waals surface area contributed by atoms with Crippen molar-refractivity contribution < 1.29 is 4.79 Å². The zero-order valence-electron chi connectivity index (χ0n) is 17.2. The minimum Gasteiger partial charge on any atom is -0.356 e. The molecule has 3 N–H and O–H groups in total. The molecule has 1 aliphatic rings. The standard InChI is InChI=1S/C21H35N5O/c1-5-23-19(27)21(2,3)16-25-20(22-4)24-14-18-12-9-13-26(18)15-17-10-7-6-8-11-17/h6-8,10-11,18H,5,9,12-16H2,1-4H3,(H,23,27)(H2,22,24,25). The number of benzene rings is 1. The van der Waals surface area contributed by atoms with Gasteiger partial charge in [0.25, 0.3) is 0 Å². The van der Waals surface area contributed by atoms with Gasteiger partial charge in [-0.15, -0.1) is 0 Å². The summed E-state index contributed by atoms with van der Waals surface area (Å²) < 4.78 is 0. The summed E-state index contributed by atoms with van der Waals surface area (Å²) in [5, 5.41) is 9.62. The van der Waals surface area contributed by atoms with E-state index in [0.717, 1.165) is 25.6 Å². The highest BCUT2D eigenvalue weighted by molar-refractivity contribution is 5.84. The number of amides is 1. The predicted octanol–water partition coefficient (Wildman–Crippen LogP) is 1.98. The maximum Gasteiger partial charge on any atom is 0.227 e. The number of carbonyl (C=O) groups excluding carboxylic acids is 1. The molecule has 1 atom stereocenters. The van der Waals surface area contributed by atoms with Crippen molar-refractivity contribution in [2.75, 3.05) is 33.2 Å². The molecule has 0 radical (unpaired) electrons. The number of nitrogens with one attached hydrogen (secondary N) is 3. The van der Waals surface area contributed by atoms with E-state index in [2.05, 4.69) is 56.2 Å². The third kappa shape index (κ3) is 6.54. The second kappa shape index (κ2) is 10.3. The number of carbonyl (C=O) groups is 1. The van der Waals surface area contributed by atoms with Gasteiger partial charge in [-0.3, -0.25) is 14.7 Å². The Kier molecular flexibility index (Phi) is 8.10. The van der Waals surface area contributed by atoms with Gasteiger partial charge in [-0.25, -0.2) is 0 Å². The highest BCUT2D eigenvalue weighted by atomic mass is 16.2. The van der Waals surface area contributed by atoms with Gasteiger partial charge < -0.3 is 16.0 Å². The first-order valence-electron chi connectivity index (χ1n) is 9.97. The van der Waals surface area contributed by atoms with Gasteiger partial charge in [0.15, 0.2) is 5.96 Å². The van der Waals surface area contributed by atoms with Gasteiger partial charge >= 0.3 is 0 Å². The number of nitrogens with zero attached hydrogens (tertiary/aromatic N) is 2. The van der Waals surface area contributed by atoms with Crippen LogP contribution < -0.4 is 16.0 Å². The first kappa shape index (κ1) is 21.2. The van der Waals surface area contributed by atoms with E-state index in [-0.39, 0.29) is 5.91 Å². The lowest BCUT2D eigenvalue weighted by Gasteiger charge is -2.27. The first-order valence-corrected chi connectivity index (χ1v) is 9.97. The Morgan fingerprint density at radius 3 is 2.63 bits per heavy atom. The van der Waals surface area contributed by atoms with E-state index in [1.807, 2.05) is 20.8 Å². The topological polar surface area (TPSA) is 68.8 Å². The van der Waals surface area contributed by atoms with Gasteiger partial charge in [0.05, 0.1) is 5.41 Å². The number of rotatable bonds is 8. The molecule has 0 aromatic heterocycles.